The van der Waals surface area contributed by atoms with E-state index in [1.807, 2.05) is 0 Å². The van der Waals surface area contributed by atoms with Gasteiger partial charge in [-0.3, -0.25) is 14.4 Å². The zero-order chi connectivity index (χ0) is 9.84. The van der Waals surface area contributed by atoms with Gasteiger partial charge in [0.2, 0.25) is 0 Å². The van der Waals surface area contributed by atoms with Crippen molar-refractivity contribution >= 4 is 17.3 Å². The maximum atomic E-state index is 11.2. The summed E-state index contributed by atoms with van der Waals surface area (Å²) in [5, 5.41) is 2.62. The van der Waals surface area contributed by atoms with Gasteiger partial charge in [-0.25, -0.2) is 0 Å². The summed E-state index contributed by atoms with van der Waals surface area (Å²) in [6, 6.07) is 0. The Bertz CT molecular complexity index is 326. The third kappa shape index (κ3) is 2.19. The molecule has 4 nitrogen and oxygen atoms in total. The molecule has 0 atom stereocenters. The lowest BCUT2D eigenvalue weighted by atomic mass is 10.00. The Labute approximate surface area is 75.3 Å². The second-order valence-corrected chi connectivity index (χ2v) is 2.61. The average Bonchev–Trinajstić information content (AvgIpc) is 2.09. The molecule has 1 aliphatic carbocycles. The number of hydrogen-bond acceptors (Lipinski definition) is 4. The Morgan fingerprint density at radius 1 is 1.38 bits per heavy atom. The molecule has 1 rings (SSSR count). The largest absolute Gasteiger partial charge is 0.313 e. The van der Waals surface area contributed by atoms with Crippen LogP contribution in [0.3, 0.4) is 0 Å². The van der Waals surface area contributed by atoms with E-state index in [0.29, 0.717) is 0 Å². The van der Waals surface area contributed by atoms with Crippen LogP contribution in [-0.4, -0.2) is 30.9 Å². The molecule has 0 aromatic heterocycles. The molecule has 0 heterocycles. The Morgan fingerprint density at radius 3 is 2.69 bits per heavy atom. The molecule has 0 aromatic rings. The number of hydrogen-bond donors (Lipinski definition) is 1. The first kappa shape index (κ1) is 9.54. The highest BCUT2D eigenvalue weighted by molar-refractivity contribution is 6.30. The number of Topliss-reactive ketones (excluding diaryl/α,β-unsaturated/α-hetero) is 1. The second-order valence-electron chi connectivity index (χ2n) is 2.61. The van der Waals surface area contributed by atoms with Gasteiger partial charge in [0.05, 0.1) is 12.1 Å². The molecule has 4 heteroatoms. The van der Waals surface area contributed by atoms with Crippen molar-refractivity contribution in [2.24, 2.45) is 0 Å². The fraction of sp³-hybridized carbons (Fsp3) is 0.222. The lowest BCUT2D eigenvalue weighted by Gasteiger charge is -2.04. The van der Waals surface area contributed by atoms with Crippen LogP contribution in [0.5, 0.6) is 0 Å². The van der Waals surface area contributed by atoms with E-state index in [1.165, 1.54) is 0 Å². The number of carbonyl (C=O) groups is 3. The topological polar surface area (TPSA) is 63.2 Å². The molecular weight excluding hydrogens is 170 g/mol. The van der Waals surface area contributed by atoms with Crippen molar-refractivity contribution < 1.29 is 14.4 Å². The van der Waals surface area contributed by atoms with E-state index >= 15 is 0 Å². The van der Waals surface area contributed by atoms with Crippen LogP contribution in [0.25, 0.3) is 0 Å². The summed E-state index contributed by atoms with van der Waals surface area (Å²) < 4.78 is 0. The Morgan fingerprint density at radius 2 is 2.08 bits per heavy atom. The van der Waals surface area contributed by atoms with E-state index in [4.69, 9.17) is 0 Å². The highest BCUT2D eigenvalue weighted by Crippen LogP contribution is 2.05. The normalized spacial score (nSPS) is 15.9. The predicted molar refractivity (Wildman–Crippen MR) is 46.2 cm³/mol. The van der Waals surface area contributed by atoms with Crippen molar-refractivity contribution in [2.75, 3.05) is 13.6 Å². The number of rotatable bonds is 3. The summed E-state index contributed by atoms with van der Waals surface area (Å²) in [5.41, 5.74) is -0.0400. The molecule has 0 aliphatic heterocycles. The van der Waals surface area contributed by atoms with Crippen molar-refractivity contribution in [1.29, 1.82) is 0 Å². The van der Waals surface area contributed by atoms with E-state index in [9.17, 15) is 14.4 Å². The first-order valence-corrected chi connectivity index (χ1v) is 3.81. The van der Waals surface area contributed by atoms with Gasteiger partial charge in [0, 0.05) is 6.08 Å². The van der Waals surface area contributed by atoms with Crippen LogP contribution in [0.2, 0.25) is 0 Å². The standard InChI is InChI=1S/C9H9NO3/c1-10-5-9(13)7-4-6(11)2-3-8(7)12/h2-4,10H,5H2,1H3. The summed E-state index contributed by atoms with van der Waals surface area (Å²) in [4.78, 5) is 33.2. The third-order valence-corrected chi connectivity index (χ3v) is 1.59. The molecular formula is C9H9NO3. The maximum absolute atomic E-state index is 11.2. The quantitative estimate of drug-likeness (QED) is 0.464. The van der Waals surface area contributed by atoms with Crippen molar-refractivity contribution in [1.82, 2.24) is 5.32 Å². The summed E-state index contributed by atoms with van der Waals surface area (Å²) in [6.07, 6.45) is 3.34. The fourth-order valence-electron chi connectivity index (χ4n) is 0.983. The van der Waals surface area contributed by atoms with Gasteiger partial charge in [0.15, 0.2) is 17.3 Å². The van der Waals surface area contributed by atoms with Gasteiger partial charge in [-0.05, 0) is 19.2 Å². The Balaban J connectivity index is 2.84. The van der Waals surface area contributed by atoms with Crippen molar-refractivity contribution in [2.45, 2.75) is 0 Å². The number of carbonyl (C=O) groups excluding carboxylic acids is 3. The zero-order valence-corrected chi connectivity index (χ0v) is 7.16. The van der Waals surface area contributed by atoms with Gasteiger partial charge in [-0.1, -0.05) is 0 Å². The molecule has 68 valence electrons. The van der Waals surface area contributed by atoms with Crippen LogP contribution >= 0.6 is 0 Å². The molecule has 0 spiro atoms. The van der Waals surface area contributed by atoms with Crippen LogP contribution in [0.4, 0.5) is 0 Å². The Hall–Kier alpha value is -1.55. The molecule has 0 unspecified atom stereocenters. The molecule has 0 bridgehead atoms. The van der Waals surface area contributed by atoms with Crippen molar-refractivity contribution in [3.05, 3.63) is 23.8 Å². The average molecular weight is 179 g/mol. The summed E-state index contributed by atoms with van der Waals surface area (Å²) >= 11 is 0. The molecule has 0 saturated heterocycles. The van der Waals surface area contributed by atoms with Gasteiger partial charge in [0.1, 0.15) is 0 Å². The predicted octanol–water partition coefficient (Wildman–Crippen LogP) is -0.591. The van der Waals surface area contributed by atoms with Crippen molar-refractivity contribution in [3.8, 4) is 0 Å². The molecule has 1 N–H and O–H groups in total. The van der Waals surface area contributed by atoms with Crippen LogP contribution in [0.15, 0.2) is 23.8 Å². The van der Waals surface area contributed by atoms with E-state index in [1.54, 1.807) is 7.05 Å². The highest BCUT2D eigenvalue weighted by atomic mass is 16.2. The first-order chi connectivity index (χ1) is 6.15. The second kappa shape index (κ2) is 3.91. The minimum absolute atomic E-state index is 0.0400. The summed E-state index contributed by atoms with van der Waals surface area (Å²) in [6.45, 7) is 0.0681. The highest BCUT2D eigenvalue weighted by Gasteiger charge is 2.19. The first-order valence-electron chi connectivity index (χ1n) is 3.81. The van der Waals surface area contributed by atoms with Gasteiger partial charge in [-0.15, -0.1) is 0 Å². The third-order valence-electron chi connectivity index (χ3n) is 1.59. The van der Waals surface area contributed by atoms with Gasteiger partial charge < -0.3 is 5.32 Å². The molecule has 0 aromatic carbocycles. The molecule has 0 fully saturated rings. The number of nitrogens with one attached hydrogen (secondary N) is 1. The Kier molecular flexibility index (Phi) is 2.87. The fourth-order valence-corrected chi connectivity index (χ4v) is 0.983. The molecule has 0 radical (unpaired) electrons. The summed E-state index contributed by atoms with van der Waals surface area (Å²) in [5.74, 6) is -1.08. The van der Waals surface area contributed by atoms with Gasteiger partial charge in [0.25, 0.3) is 0 Å². The van der Waals surface area contributed by atoms with E-state index in [0.717, 1.165) is 18.2 Å². The van der Waals surface area contributed by atoms with Crippen LogP contribution in [0, 0.1) is 0 Å². The van der Waals surface area contributed by atoms with Crippen molar-refractivity contribution in [3.63, 3.8) is 0 Å². The molecule has 0 saturated carbocycles. The number of allylic oxidation sites excluding steroid dienone is 3. The monoisotopic (exact) mass is 179 g/mol. The lowest BCUT2D eigenvalue weighted by Crippen LogP contribution is -2.25. The molecule has 13 heavy (non-hydrogen) atoms. The zero-order valence-electron chi connectivity index (χ0n) is 7.16. The maximum Gasteiger partial charge on any atom is 0.189 e. The van der Waals surface area contributed by atoms with Crippen LogP contribution in [-0.2, 0) is 14.4 Å². The molecule has 1 aliphatic rings. The van der Waals surface area contributed by atoms with E-state index < -0.39 is 5.78 Å². The van der Waals surface area contributed by atoms with Gasteiger partial charge in [-0.2, -0.15) is 0 Å². The summed E-state index contributed by atoms with van der Waals surface area (Å²) in [7, 11) is 1.60. The minimum Gasteiger partial charge on any atom is -0.313 e. The van der Waals surface area contributed by atoms with Crippen LogP contribution in [0.1, 0.15) is 0 Å². The lowest BCUT2D eigenvalue weighted by molar-refractivity contribution is -0.120. The smallest absolute Gasteiger partial charge is 0.189 e. The van der Waals surface area contributed by atoms with E-state index in [-0.39, 0.29) is 23.7 Å². The minimum atomic E-state index is -0.403. The SMILES string of the molecule is CNCC(=O)C1=CC(=O)C=CC1=O. The van der Waals surface area contributed by atoms with Crippen LogP contribution < -0.4 is 5.32 Å². The van der Waals surface area contributed by atoms with E-state index in [2.05, 4.69) is 5.32 Å². The number of ketones is 3. The number of likely N-dealkylation sites (N-methyl/N-ethyl adjacent to an activating group) is 1. The molecule has 0 amide bonds. The van der Waals surface area contributed by atoms with Gasteiger partial charge >= 0.3 is 0 Å².